The third-order valence-electron chi connectivity index (χ3n) is 2.38. The summed E-state index contributed by atoms with van der Waals surface area (Å²) < 4.78 is 0. The van der Waals surface area contributed by atoms with Crippen LogP contribution in [0, 0.1) is 0 Å². The average molecular weight is 213 g/mol. The Balaban J connectivity index is 3.03. The molecule has 0 aromatic rings. The molecule has 1 heterocycles. The highest BCUT2D eigenvalue weighted by atomic mass is 16.2. The third kappa shape index (κ3) is 1.91. The number of piperazine rings is 1. The fourth-order valence-corrected chi connectivity index (χ4v) is 1.39. The summed E-state index contributed by atoms with van der Waals surface area (Å²) in [6.45, 7) is 3.43. The smallest absolute Gasteiger partial charge is 0.252 e. The molecule has 1 saturated heterocycles. The van der Waals surface area contributed by atoms with Crippen molar-refractivity contribution in [3.05, 3.63) is 0 Å². The van der Waals surface area contributed by atoms with E-state index >= 15 is 0 Å². The highest BCUT2D eigenvalue weighted by Crippen LogP contribution is 2.17. The lowest BCUT2D eigenvalue weighted by atomic mass is 9.99. The zero-order valence-electron chi connectivity index (χ0n) is 9.00. The molecule has 15 heavy (non-hydrogen) atoms. The van der Waals surface area contributed by atoms with E-state index in [4.69, 9.17) is 5.84 Å². The van der Waals surface area contributed by atoms with Gasteiger partial charge in [0.25, 0.3) is 5.91 Å². The van der Waals surface area contributed by atoms with Gasteiger partial charge in [0.1, 0.15) is 12.1 Å². The molecule has 4 N–H and O–H groups in total. The molecule has 7 nitrogen and oxygen atoms in total. The molecule has 7 heteroatoms. The van der Waals surface area contributed by atoms with Crippen LogP contribution in [0.4, 0.5) is 0 Å². The first-order valence-corrected chi connectivity index (χ1v) is 4.48. The Bertz CT molecular complexity index is 323. The average Bonchev–Trinajstić information content (AvgIpc) is 2.16. The molecule has 0 aliphatic carbocycles. The van der Waals surface area contributed by atoms with Crippen molar-refractivity contribution in [3.63, 3.8) is 0 Å². The molecule has 0 aromatic heterocycles. The van der Waals surface area contributed by atoms with E-state index in [1.54, 1.807) is 13.8 Å². The van der Waals surface area contributed by atoms with Crippen molar-refractivity contribution in [3.8, 4) is 0 Å². The molecule has 0 unspecified atom stereocenters. The number of amides is 2. The van der Waals surface area contributed by atoms with Gasteiger partial charge in [0, 0.05) is 7.05 Å². The van der Waals surface area contributed by atoms with Crippen molar-refractivity contribution >= 4 is 17.8 Å². The van der Waals surface area contributed by atoms with E-state index in [9.17, 15) is 9.59 Å². The molecule has 1 aliphatic heterocycles. The number of guanidine groups is 1. The number of nitrogens with two attached hydrogens (primary N) is 1. The van der Waals surface area contributed by atoms with Crippen LogP contribution in [0.5, 0.6) is 0 Å². The van der Waals surface area contributed by atoms with E-state index in [2.05, 4.69) is 15.7 Å². The lowest BCUT2D eigenvalue weighted by Crippen LogP contribution is -2.67. The number of rotatable bonds is 0. The Morgan fingerprint density at radius 1 is 1.60 bits per heavy atom. The van der Waals surface area contributed by atoms with Gasteiger partial charge in [-0.1, -0.05) is 0 Å². The number of hydrogen-bond acceptors (Lipinski definition) is 4. The quantitative estimate of drug-likeness (QED) is 0.144. The van der Waals surface area contributed by atoms with Crippen LogP contribution in [0.1, 0.15) is 13.8 Å². The topological polar surface area (TPSA) is 99.8 Å². The Kier molecular flexibility index (Phi) is 2.94. The number of imide groups is 1. The molecule has 0 bridgehead atoms. The summed E-state index contributed by atoms with van der Waals surface area (Å²) >= 11 is 0. The maximum absolute atomic E-state index is 11.6. The number of carbonyl (C=O) groups is 2. The zero-order valence-corrected chi connectivity index (χ0v) is 9.00. The van der Waals surface area contributed by atoms with Crippen molar-refractivity contribution in [2.45, 2.75) is 19.4 Å². The van der Waals surface area contributed by atoms with Gasteiger partial charge in [-0.2, -0.15) is 0 Å². The molecule has 1 rings (SSSR count). The minimum absolute atomic E-state index is 0.0512. The second-order valence-electron chi connectivity index (χ2n) is 3.71. The minimum atomic E-state index is -0.852. The lowest BCUT2D eigenvalue weighted by molar-refractivity contribution is -0.142. The maximum Gasteiger partial charge on any atom is 0.252 e. The number of nitrogens with one attached hydrogen (secondary N) is 2. The van der Waals surface area contributed by atoms with Crippen molar-refractivity contribution in [1.82, 2.24) is 15.6 Å². The molecule has 1 fully saturated rings. The first-order valence-electron chi connectivity index (χ1n) is 4.48. The van der Waals surface area contributed by atoms with Gasteiger partial charge in [0.15, 0.2) is 0 Å². The largest absolute Gasteiger partial charge is 0.318 e. The van der Waals surface area contributed by atoms with Crippen molar-refractivity contribution in [1.29, 1.82) is 0 Å². The van der Waals surface area contributed by atoms with Crippen LogP contribution in [-0.2, 0) is 9.59 Å². The molecule has 0 aromatic carbocycles. The van der Waals surface area contributed by atoms with Crippen LogP contribution < -0.4 is 16.6 Å². The van der Waals surface area contributed by atoms with Crippen LogP contribution in [-0.4, -0.2) is 41.8 Å². The molecule has 0 saturated carbocycles. The second kappa shape index (κ2) is 3.85. The Morgan fingerprint density at radius 3 is 2.67 bits per heavy atom. The van der Waals surface area contributed by atoms with Gasteiger partial charge in [-0.05, 0) is 13.8 Å². The van der Waals surface area contributed by atoms with Gasteiger partial charge in [-0.15, -0.1) is 0 Å². The number of carbonyl (C=O) groups excluding carboxylic acids is 2. The molecule has 2 amide bonds. The first kappa shape index (κ1) is 11.4. The molecular weight excluding hydrogens is 198 g/mol. The lowest BCUT2D eigenvalue weighted by Gasteiger charge is -2.41. The van der Waals surface area contributed by atoms with Crippen molar-refractivity contribution in [2.75, 3.05) is 13.6 Å². The summed E-state index contributed by atoms with van der Waals surface area (Å²) in [6, 6.07) is 0. The van der Waals surface area contributed by atoms with E-state index in [1.165, 1.54) is 11.9 Å². The van der Waals surface area contributed by atoms with Gasteiger partial charge in [-0.3, -0.25) is 25.3 Å². The highest BCUT2D eigenvalue weighted by Gasteiger charge is 2.42. The standard InChI is InChI=1S/C8H15N5O2/c1-8(2)6(15)11-5(14)4-13(8)7(10-3)12-9/h4,9H2,1-3H3,(H,10,12)(H,11,14,15). The van der Waals surface area contributed by atoms with E-state index < -0.39 is 5.54 Å². The third-order valence-corrected chi connectivity index (χ3v) is 2.38. The van der Waals surface area contributed by atoms with Gasteiger partial charge >= 0.3 is 0 Å². The molecule has 0 radical (unpaired) electrons. The number of hydrazine groups is 1. The van der Waals surface area contributed by atoms with Crippen molar-refractivity contribution < 1.29 is 9.59 Å². The molecule has 84 valence electrons. The van der Waals surface area contributed by atoms with Gasteiger partial charge in [0.05, 0.1) is 0 Å². The Hall–Kier alpha value is -1.63. The normalized spacial score (nSPS) is 21.3. The predicted octanol–water partition coefficient (Wildman–Crippen LogP) is -1.83. The summed E-state index contributed by atoms with van der Waals surface area (Å²) in [5, 5.41) is 2.26. The van der Waals surface area contributed by atoms with Crippen LogP contribution in [0.15, 0.2) is 4.99 Å². The van der Waals surface area contributed by atoms with Crippen LogP contribution in [0.25, 0.3) is 0 Å². The van der Waals surface area contributed by atoms with Gasteiger partial charge < -0.3 is 4.90 Å². The first-order chi connectivity index (χ1) is 6.93. The van der Waals surface area contributed by atoms with Crippen LogP contribution in [0.3, 0.4) is 0 Å². The summed E-state index contributed by atoms with van der Waals surface area (Å²) in [4.78, 5) is 28.2. The maximum atomic E-state index is 11.6. The molecule has 0 spiro atoms. The Labute approximate surface area is 87.7 Å². The van der Waals surface area contributed by atoms with E-state index in [-0.39, 0.29) is 18.4 Å². The van der Waals surface area contributed by atoms with E-state index in [0.29, 0.717) is 5.96 Å². The molecule has 0 atom stereocenters. The number of hydrogen-bond donors (Lipinski definition) is 3. The summed E-state index contributed by atoms with van der Waals surface area (Å²) in [5.74, 6) is 4.84. The second-order valence-corrected chi connectivity index (χ2v) is 3.71. The summed E-state index contributed by atoms with van der Waals surface area (Å²) in [5.41, 5.74) is 1.51. The van der Waals surface area contributed by atoms with Crippen LogP contribution >= 0.6 is 0 Å². The number of aliphatic imine (C=N–C) groups is 1. The predicted molar refractivity (Wildman–Crippen MR) is 54.6 cm³/mol. The monoisotopic (exact) mass is 213 g/mol. The highest BCUT2D eigenvalue weighted by molar-refractivity contribution is 6.06. The van der Waals surface area contributed by atoms with Gasteiger partial charge in [-0.25, -0.2) is 5.84 Å². The fraction of sp³-hybridized carbons (Fsp3) is 0.625. The van der Waals surface area contributed by atoms with E-state index in [0.717, 1.165) is 0 Å². The van der Waals surface area contributed by atoms with E-state index in [1.807, 2.05) is 0 Å². The summed E-state index contributed by atoms with van der Waals surface area (Å²) in [7, 11) is 1.53. The zero-order chi connectivity index (χ0) is 11.6. The fourth-order valence-electron chi connectivity index (χ4n) is 1.39. The molecule has 1 aliphatic rings. The van der Waals surface area contributed by atoms with Crippen LogP contribution in [0.2, 0.25) is 0 Å². The molecular formula is C8H15N5O2. The summed E-state index contributed by atoms with van der Waals surface area (Å²) in [6.07, 6.45) is 0. The minimum Gasteiger partial charge on any atom is -0.318 e. The number of nitrogens with zero attached hydrogens (tertiary/aromatic N) is 2. The van der Waals surface area contributed by atoms with Crippen molar-refractivity contribution in [2.24, 2.45) is 10.8 Å². The Morgan fingerprint density at radius 2 is 2.20 bits per heavy atom. The van der Waals surface area contributed by atoms with Gasteiger partial charge in [0.2, 0.25) is 11.9 Å². The SMILES string of the molecule is CN=C(NN)N1CC(=O)NC(=O)C1(C)C.